The van der Waals surface area contributed by atoms with Crippen LogP contribution >= 0.6 is 12.2 Å². The zero-order valence-electron chi connectivity index (χ0n) is 15.2. The Balaban J connectivity index is 1.62. The van der Waals surface area contributed by atoms with Crippen LogP contribution in [0.25, 0.3) is 6.08 Å². The maximum Gasteiger partial charge on any atom is 0.387 e. The maximum atomic E-state index is 12.4. The minimum Gasteiger partial charge on any atom is -0.490 e. The molecule has 7 nitrogen and oxygen atoms in total. The van der Waals surface area contributed by atoms with Crippen molar-refractivity contribution < 1.29 is 23.0 Å². The third-order valence-corrected chi connectivity index (χ3v) is 4.31. The fraction of sp³-hybridized carbons (Fsp3) is 0.389. The number of ether oxygens (including phenoxy) is 2. The number of rotatable bonds is 9. The van der Waals surface area contributed by atoms with E-state index in [0.717, 1.165) is 12.8 Å². The smallest absolute Gasteiger partial charge is 0.387 e. The van der Waals surface area contributed by atoms with Crippen LogP contribution in [0.5, 0.6) is 11.5 Å². The normalized spacial score (nSPS) is 13.9. The van der Waals surface area contributed by atoms with Crippen LogP contribution in [0.2, 0.25) is 0 Å². The van der Waals surface area contributed by atoms with Gasteiger partial charge in [-0.2, -0.15) is 13.9 Å². The summed E-state index contributed by atoms with van der Waals surface area (Å²) in [7, 11) is 0. The van der Waals surface area contributed by atoms with Crippen molar-refractivity contribution in [2.45, 2.75) is 39.0 Å². The summed E-state index contributed by atoms with van der Waals surface area (Å²) in [5.74, 6) is 0.496. The number of benzene rings is 1. The molecule has 1 saturated carbocycles. The number of nitrogens with zero attached hydrogens (tertiary/aromatic N) is 2. The molecule has 10 heteroatoms. The molecule has 1 aliphatic carbocycles. The predicted octanol–water partition coefficient (Wildman–Crippen LogP) is 3.61. The molecule has 150 valence electrons. The zero-order valence-corrected chi connectivity index (χ0v) is 16.0. The molecule has 1 aromatic carbocycles. The minimum absolute atomic E-state index is 0.0543. The lowest BCUT2D eigenvalue weighted by Gasteiger charge is -2.11. The van der Waals surface area contributed by atoms with Crippen molar-refractivity contribution in [1.82, 2.24) is 20.1 Å². The fourth-order valence-corrected chi connectivity index (χ4v) is 2.96. The van der Waals surface area contributed by atoms with E-state index in [1.54, 1.807) is 19.1 Å². The summed E-state index contributed by atoms with van der Waals surface area (Å²) in [6.07, 6.45) is 5.02. The molecular formula is C18H20F2N4O3S. The third-order valence-electron chi connectivity index (χ3n) is 4.02. The molecule has 0 unspecified atom stereocenters. The average Bonchev–Trinajstić information content (AvgIpc) is 3.42. The van der Waals surface area contributed by atoms with Crippen molar-refractivity contribution in [2.24, 2.45) is 0 Å². The second kappa shape index (κ2) is 8.96. The second-order valence-electron chi connectivity index (χ2n) is 6.11. The van der Waals surface area contributed by atoms with Crippen LogP contribution in [0.15, 0.2) is 24.3 Å². The van der Waals surface area contributed by atoms with Crippen molar-refractivity contribution in [2.75, 3.05) is 6.61 Å². The minimum atomic E-state index is -2.94. The van der Waals surface area contributed by atoms with E-state index in [9.17, 15) is 13.6 Å². The number of alkyl halides is 2. The van der Waals surface area contributed by atoms with E-state index in [4.69, 9.17) is 17.0 Å². The number of hydrogen-bond donors (Lipinski definition) is 2. The highest BCUT2D eigenvalue weighted by Gasteiger charge is 2.27. The highest BCUT2D eigenvalue weighted by atomic mass is 32.1. The summed E-state index contributed by atoms with van der Waals surface area (Å²) in [6, 6.07) is 4.83. The predicted molar refractivity (Wildman–Crippen MR) is 101 cm³/mol. The molecule has 1 aliphatic rings. The Morgan fingerprint density at radius 1 is 1.46 bits per heavy atom. The van der Waals surface area contributed by atoms with Crippen LogP contribution in [0.4, 0.5) is 8.78 Å². The Kier molecular flexibility index (Phi) is 6.40. The Morgan fingerprint density at radius 3 is 2.93 bits per heavy atom. The van der Waals surface area contributed by atoms with Gasteiger partial charge in [-0.05, 0) is 55.8 Å². The number of aromatic nitrogens is 3. The number of H-pyrrole nitrogens is 1. The van der Waals surface area contributed by atoms with E-state index in [1.165, 1.54) is 18.2 Å². The monoisotopic (exact) mass is 410 g/mol. The second-order valence-corrected chi connectivity index (χ2v) is 6.50. The number of carbonyl (C=O) groups is 1. The van der Waals surface area contributed by atoms with Gasteiger partial charge in [0.25, 0.3) is 0 Å². The van der Waals surface area contributed by atoms with Crippen molar-refractivity contribution in [3.05, 3.63) is 40.4 Å². The van der Waals surface area contributed by atoms with E-state index in [1.807, 2.05) is 4.57 Å². The summed E-state index contributed by atoms with van der Waals surface area (Å²) in [5.41, 5.74) is 0.612. The molecule has 0 spiro atoms. The molecule has 2 N–H and O–H groups in total. The van der Waals surface area contributed by atoms with Crippen LogP contribution in [0.1, 0.15) is 37.2 Å². The maximum absolute atomic E-state index is 12.4. The Labute approximate surface area is 165 Å². The van der Waals surface area contributed by atoms with Crippen LogP contribution in [0.3, 0.4) is 0 Å². The first-order valence-electron chi connectivity index (χ1n) is 8.81. The summed E-state index contributed by atoms with van der Waals surface area (Å²) < 4.78 is 37.1. The number of carbonyl (C=O) groups excluding carboxylic acids is 1. The highest BCUT2D eigenvalue weighted by Crippen LogP contribution is 2.35. The van der Waals surface area contributed by atoms with Gasteiger partial charge in [-0.3, -0.25) is 14.5 Å². The zero-order chi connectivity index (χ0) is 20.1. The van der Waals surface area contributed by atoms with Crippen LogP contribution < -0.4 is 14.8 Å². The van der Waals surface area contributed by atoms with Gasteiger partial charge in [-0.15, -0.1) is 0 Å². The number of nitrogens with one attached hydrogen (secondary N) is 2. The van der Waals surface area contributed by atoms with Gasteiger partial charge in [0, 0.05) is 12.1 Å². The molecule has 28 heavy (non-hydrogen) atoms. The van der Waals surface area contributed by atoms with Crippen molar-refractivity contribution in [3.63, 3.8) is 0 Å². The van der Waals surface area contributed by atoms with Crippen LogP contribution in [0, 0.1) is 4.77 Å². The number of amides is 1. The van der Waals surface area contributed by atoms with E-state index < -0.39 is 6.61 Å². The molecule has 0 bridgehead atoms. The lowest BCUT2D eigenvalue weighted by atomic mass is 10.2. The Hall–Kier alpha value is -2.75. The third kappa shape index (κ3) is 5.16. The summed E-state index contributed by atoms with van der Waals surface area (Å²) in [4.78, 5) is 12.1. The first-order valence-corrected chi connectivity index (χ1v) is 9.22. The Bertz CT molecular complexity index is 922. The summed E-state index contributed by atoms with van der Waals surface area (Å²) in [5, 5.41) is 9.64. The van der Waals surface area contributed by atoms with Gasteiger partial charge in [-0.25, -0.2) is 0 Å². The van der Waals surface area contributed by atoms with Gasteiger partial charge in [0.2, 0.25) is 5.91 Å². The highest BCUT2D eigenvalue weighted by molar-refractivity contribution is 7.71. The van der Waals surface area contributed by atoms with Crippen molar-refractivity contribution in [1.29, 1.82) is 0 Å². The number of aromatic amines is 1. The number of halogens is 2. The van der Waals surface area contributed by atoms with E-state index in [0.29, 0.717) is 28.8 Å². The fourth-order valence-electron chi connectivity index (χ4n) is 2.66. The molecule has 0 radical (unpaired) electrons. The van der Waals surface area contributed by atoms with Crippen LogP contribution in [-0.2, 0) is 11.3 Å². The van der Waals surface area contributed by atoms with Crippen molar-refractivity contribution in [3.8, 4) is 11.5 Å². The van der Waals surface area contributed by atoms with Gasteiger partial charge in [-0.1, -0.05) is 6.07 Å². The molecule has 1 fully saturated rings. The van der Waals surface area contributed by atoms with Gasteiger partial charge in [0.05, 0.1) is 13.2 Å². The molecule has 2 aromatic rings. The van der Waals surface area contributed by atoms with Gasteiger partial charge >= 0.3 is 6.61 Å². The molecule has 1 aromatic heterocycles. The standard InChI is InChI=1S/C18H20F2N4O3S/c1-2-26-14-9-11(3-7-13(14)27-17(19)20)4-8-16(25)21-10-15-22-23-18(28)24(15)12-5-6-12/h3-4,7-9,12,17H,2,5-6,10H2,1H3,(H,21,25)(H,23,28)/b8-4+. The van der Waals surface area contributed by atoms with E-state index >= 15 is 0 Å². The van der Waals surface area contributed by atoms with Gasteiger partial charge < -0.3 is 14.8 Å². The quantitative estimate of drug-likeness (QED) is 0.488. The molecule has 3 rings (SSSR count). The number of hydrogen-bond acceptors (Lipinski definition) is 5. The summed E-state index contributed by atoms with van der Waals surface area (Å²) >= 11 is 5.20. The molecule has 0 atom stereocenters. The molecule has 0 saturated heterocycles. The lowest BCUT2D eigenvalue weighted by molar-refractivity contribution is -0.116. The van der Waals surface area contributed by atoms with Crippen molar-refractivity contribution >= 4 is 24.2 Å². The topological polar surface area (TPSA) is 81.2 Å². The average molecular weight is 410 g/mol. The van der Waals surface area contributed by atoms with E-state index in [-0.39, 0.29) is 24.0 Å². The SMILES string of the molecule is CCOc1cc(/C=C/C(=O)NCc2n[nH]c(=S)n2C2CC2)ccc1OC(F)F. The Morgan fingerprint density at radius 2 is 2.25 bits per heavy atom. The summed E-state index contributed by atoms with van der Waals surface area (Å²) in [6.45, 7) is -0.664. The molecule has 1 amide bonds. The first kappa shape index (κ1) is 20.0. The molecular weight excluding hydrogens is 390 g/mol. The van der Waals surface area contributed by atoms with Gasteiger partial charge in [0.1, 0.15) is 0 Å². The van der Waals surface area contributed by atoms with Gasteiger partial charge in [0.15, 0.2) is 22.1 Å². The largest absolute Gasteiger partial charge is 0.490 e. The first-order chi connectivity index (χ1) is 13.5. The lowest BCUT2D eigenvalue weighted by Crippen LogP contribution is -2.22. The molecule has 1 heterocycles. The van der Waals surface area contributed by atoms with Crippen LogP contribution in [-0.4, -0.2) is 33.9 Å². The van der Waals surface area contributed by atoms with E-state index in [2.05, 4.69) is 20.3 Å². The molecule has 0 aliphatic heterocycles.